The number of hydrogen-bond acceptors (Lipinski definition) is 2. The van der Waals surface area contributed by atoms with E-state index in [1.54, 1.807) is 0 Å². The molecule has 1 aromatic rings. The molecule has 1 rings (SSSR count). The lowest BCUT2D eigenvalue weighted by atomic mass is 9.71. The average molecular weight is 362 g/mol. The highest BCUT2D eigenvalue weighted by Gasteiger charge is 2.40. The number of benzene rings is 1. The maximum absolute atomic E-state index is 12.8. The van der Waals surface area contributed by atoms with Crippen LogP contribution in [-0.2, 0) is 21.2 Å². The van der Waals surface area contributed by atoms with Crippen molar-refractivity contribution in [1.82, 2.24) is 5.32 Å². The Hall–Kier alpha value is -1.35. The Morgan fingerprint density at radius 1 is 0.923 bits per heavy atom. The molecule has 3 nitrogen and oxygen atoms in total. The van der Waals surface area contributed by atoms with Crippen molar-refractivity contribution in [1.29, 1.82) is 0 Å². The fraction of sp³-hybridized carbons (Fsp3) is 0.696. The van der Waals surface area contributed by atoms with Gasteiger partial charge >= 0.3 is 0 Å². The van der Waals surface area contributed by atoms with E-state index in [1.165, 1.54) is 5.56 Å². The maximum atomic E-state index is 12.8. The molecule has 0 fully saturated rings. The number of nitrogens with one attached hydrogen (secondary N) is 1. The Morgan fingerprint density at radius 3 is 1.96 bits per heavy atom. The van der Waals surface area contributed by atoms with Gasteiger partial charge < -0.3 is 10.4 Å². The molecule has 2 N–H and O–H groups in total. The van der Waals surface area contributed by atoms with Crippen molar-refractivity contribution in [3.05, 3.63) is 34.9 Å². The first-order valence-electron chi connectivity index (χ1n) is 10.2. The Labute approximate surface area is 160 Å². The van der Waals surface area contributed by atoms with E-state index in [4.69, 9.17) is 0 Å². The number of carbonyl (C=O) groups excluding carboxylic acids is 1. The van der Waals surface area contributed by atoms with E-state index in [9.17, 15) is 9.90 Å². The predicted molar refractivity (Wildman–Crippen MR) is 111 cm³/mol. The largest absolute Gasteiger partial charge is 0.375 e. The van der Waals surface area contributed by atoms with E-state index in [1.807, 2.05) is 19.9 Å². The van der Waals surface area contributed by atoms with Crippen molar-refractivity contribution in [2.45, 2.75) is 97.5 Å². The van der Waals surface area contributed by atoms with E-state index in [0.717, 1.165) is 30.4 Å². The summed E-state index contributed by atoms with van der Waals surface area (Å²) in [5, 5.41) is 14.3. The van der Waals surface area contributed by atoms with Gasteiger partial charge in [-0.05, 0) is 53.2 Å². The van der Waals surface area contributed by atoms with Crippen molar-refractivity contribution in [3.8, 4) is 0 Å². The molecule has 1 aromatic carbocycles. The summed E-state index contributed by atoms with van der Waals surface area (Å²) in [4.78, 5) is 12.8. The summed E-state index contributed by atoms with van der Waals surface area (Å²) >= 11 is 0. The first kappa shape index (κ1) is 22.7. The van der Waals surface area contributed by atoms with Crippen molar-refractivity contribution < 1.29 is 9.90 Å². The second kappa shape index (κ2) is 8.56. The van der Waals surface area contributed by atoms with Gasteiger partial charge in [0.15, 0.2) is 5.60 Å². The Morgan fingerprint density at radius 2 is 1.50 bits per heavy atom. The number of amides is 1. The van der Waals surface area contributed by atoms with Gasteiger partial charge in [-0.1, -0.05) is 73.6 Å². The minimum absolute atomic E-state index is 0.0614. The van der Waals surface area contributed by atoms with Gasteiger partial charge in [-0.25, -0.2) is 0 Å². The minimum Gasteiger partial charge on any atom is -0.375 e. The third kappa shape index (κ3) is 4.49. The van der Waals surface area contributed by atoms with Crippen LogP contribution in [0.3, 0.4) is 0 Å². The molecule has 0 bridgehead atoms. The van der Waals surface area contributed by atoms with Crippen LogP contribution in [0.5, 0.6) is 0 Å². The van der Waals surface area contributed by atoms with Crippen LogP contribution in [0.25, 0.3) is 0 Å². The van der Waals surface area contributed by atoms with Gasteiger partial charge in [0.1, 0.15) is 0 Å². The quantitative estimate of drug-likeness (QED) is 0.636. The van der Waals surface area contributed by atoms with Crippen molar-refractivity contribution in [2.75, 3.05) is 6.54 Å². The van der Waals surface area contributed by atoms with Crippen LogP contribution in [0.4, 0.5) is 0 Å². The summed E-state index contributed by atoms with van der Waals surface area (Å²) in [6.45, 7) is 17.7. The van der Waals surface area contributed by atoms with Gasteiger partial charge in [0.05, 0.1) is 0 Å². The Kier molecular flexibility index (Phi) is 7.47. The van der Waals surface area contributed by atoms with Gasteiger partial charge in [0.25, 0.3) is 5.91 Å². The maximum Gasteiger partial charge on any atom is 0.256 e. The Bertz CT molecular complexity index is 619. The van der Waals surface area contributed by atoms with Crippen LogP contribution in [0, 0.1) is 0 Å². The number of rotatable bonds is 9. The van der Waals surface area contributed by atoms with Gasteiger partial charge in [-0.3, -0.25) is 4.79 Å². The number of hydrogen-bond donors (Lipinski definition) is 2. The highest BCUT2D eigenvalue weighted by molar-refractivity contribution is 5.86. The first-order valence-corrected chi connectivity index (χ1v) is 10.2. The smallest absolute Gasteiger partial charge is 0.256 e. The monoisotopic (exact) mass is 361 g/mol. The first-order chi connectivity index (χ1) is 12.0. The van der Waals surface area contributed by atoms with Crippen LogP contribution in [0.1, 0.15) is 97.8 Å². The summed E-state index contributed by atoms with van der Waals surface area (Å²) in [6.07, 6.45) is 3.17. The van der Waals surface area contributed by atoms with Crippen LogP contribution < -0.4 is 5.32 Å². The third-order valence-electron chi connectivity index (χ3n) is 6.17. The molecule has 0 aromatic heterocycles. The molecule has 0 heterocycles. The van der Waals surface area contributed by atoms with Crippen molar-refractivity contribution >= 4 is 5.91 Å². The molecule has 148 valence electrons. The second-order valence-electron chi connectivity index (χ2n) is 8.70. The molecule has 3 heteroatoms. The predicted octanol–water partition coefficient (Wildman–Crippen LogP) is 5.19. The zero-order valence-corrected chi connectivity index (χ0v) is 18.1. The van der Waals surface area contributed by atoms with E-state index in [0.29, 0.717) is 13.0 Å². The second-order valence-corrected chi connectivity index (χ2v) is 8.70. The van der Waals surface area contributed by atoms with Crippen molar-refractivity contribution in [2.24, 2.45) is 0 Å². The fourth-order valence-corrected chi connectivity index (χ4v) is 3.14. The van der Waals surface area contributed by atoms with Crippen LogP contribution in [-0.4, -0.2) is 17.6 Å². The molecule has 1 atom stereocenters. The summed E-state index contributed by atoms with van der Waals surface area (Å²) in [5.41, 5.74) is 1.53. The molecule has 1 unspecified atom stereocenters. The fourth-order valence-electron chi connectivity index (χ4n) is 3.14. The zero-order valence-electron chi connectivity index (χ0n) is 18.1. The molecular weight excluding hydrogens is 322 g/mol. The van der Waals surface area contributed by atoms with Gasteiger partial charge in [0, 0.05) is 6.54 Å². The third-order valence-corrected chi connectivity index (χ3v) is 6.17. The topological polar surface area (TPSA) is 49.3 Å². The highest BCUT2D eigenvalue weighted by Crippen LogP contribution is 2.40. The summed E-state index contributed by atoms with van der Waals surface area (Å²) < 4.78 is 0. The number of carbonyl (C=O) groups is 1. The molecule has 0 aliphatic heterocycles. The molecule has 26 heavy (non-hydrogen) atoms. The van der Waals surface area contributed by atoms with E-state index in [-0.39, 0.29) is 16.7 Å². The van der Waals surface area contributed by atoms with E-state index >= 15 is 0 Å². The standard InChI is InChI=1S/C23H39NO2/c1-9-15-24-20(25)23(26,12-4)18-14-13-17(21(5,6)10-2)16-19(18)22(7,8)11-3/h13-14,16,26H,9-12,15H2,1-8H3,(H,24,25). The van der Waals surface area contributed by atoms with Gasteiger partial charge in [0.2, 0.25) is 0 Å². The molecule has 1 amide bonds. The van der Waals surface area contributed by atoms with Gasteiger partial charge in [-0.15, -0.1) is 0 Å². The minimum atomic E-state index is -1.49. The zero-order chi connectivity index (χ0) is 20.2. The highest BCUT2D eigenvalue weighted by atomic mass is 16.3. The van der Waals surface area contributed by atoms with Crippen LogP contribution in [0.15, 0.2) is 18.2 Å². The summed E-state index contributed by atoms with van der Waals surface area (Å²) in [7, 11) is 0. The molecule has 0 saturated heterocycles. The molecule has 0 radical (unpaired) electrons. The van der Waals surface area contributed by atoms with Crippen LogP contribution in [0.2, 0.25) is 0 Å². The summed E-state index contributed by atoms with van der Waals surface area (Å²) in [5.74, 6) is -0.294. The average Bonchev–Trinajstić information content (AvgIpc) is 2.64. The molecule has 0 spiro atoms. The SMILES string of the molecule is CCCNC(=O)C(O)(CC)c1ccc(C(C)(C)CC)cc1C(C)(C)CC. The molecule has 0 aliphatic rings. The van der Waals surface area contributed by atoms with E-state index < -0.39 is 5.60 Å². The lowest BCUT2D eigenvalue weighted by molar-refractivity contribution is -0.141. The van der Waals surface area contributed by atoms with Gasteiger partial charge in [-0.2, -0.15) is 0 Å². The molecular formula is C23H39NO2. The number of aliphatic hydroxyl groups is 1. The Balaban J connectivity index is 3.61. The normalized spacial score (nSPS) is 14.8. The van der Waals surface area contributed by atoms with E-state index in [2.05, 4.69) is 59.0 Å². The lowest BCUT2D eigenvalue weighted by Gasteiger charge is -2.36. The summed E-state index contributed by atoms with van der Waals surface area (Å²) in [6, 6.07) is 6.28. The van der Waals surface area contributed by atoms with Crippen LogP contribution >= 0.6 is 0 Å². The lowest BCUT2D eigenvalue weighted by Crippen LogP contribution is -2.45. The van der Waals surface area contributed by atoms with Crippen molar-refractivity contribution in [3.63, 3.8) is 0 Å². The molecule has 0 aliphatic carbocycles. The molecule has 0 saturated carbocycles.